The van der Waals surface area contributed by atoms with Gasteiger partial charge in [-0.2, -0.15) is 0 Å². The third kappa shape index (κ3) is 5.06. The molecule has 0 aromatic heterocycles. The maximum Gasteiger partial charge on any atom is 0.116 e. The SMILES string of the molecule is C=C(/C=C(/O)C(C)COC)OCc1ccccc1. The monoisotopic (exact) mass is 248 g/mol. The number of aliphatic hydroxyl groups is 1. The molecule has 0 saturated carbocycles. The first-order chi connectivity index (χ1) is 8.63. The minimum Gasteiger partial charge on any atom is -0.512 e. The van der Waals surface area contributed by atoms with Gasteiger partial charge in [0.1, 0.15) is 18.1 Å². The summed E-state index contributed by atoms with van der Waals surface area (Å²) in [7, 11) is 1.60. The lowest BCUT2D eigenvalue weighted by Crippen LogP contribution is -2.07. The van der Waals surface area contributed by atoms with Crippen molar-refractivity contribution in [2.24, 2.45) is 5.92 Å². The molecule has 3 nitrogen and oxygen atoms in total. The van der Waals surface area contributed by atoms with Gasteiger partial charge in [-0.3, -0.25) is 0 Å². The molecule has 1 atom stereocenters. The molecule has 0 aliphatic heterocycles. The summed E-state index contributed by atoms with van der Waals surface area (Å²) in [4.78, 5) is 0. The smallest absolute Gasteiger partial charge is 0.116 e. The van der Waals surface area contributed by atoms with E-state index in [9.17, 15) is 5.11 Å². The Hall–Kier alpha value is -1.74. The molecule has 1 unspecified atom stereocenters. The number of allylic oxidation sites excluding steroid dienone is 1. The van der Waals surface area contributed by atoms with Crippen molar-refractivity contribution in [1.82, 2.24) is 0 Å². The highest BCUT2D eigenvalue weighted by atomic mass is 16.5. The van der Waals surface area contributed by atoms with Crippen LogP contribution in [0.2, 0.25) is 0 Å². The summed E-state index contributed by atoms with van der Waals surface area (Å²) in [6, 6.07) is 9.82. The number of aliphatic hydroxyl groups excluding tert-OH is 1. The van der Waals surface area contributed by atoms with Crippen LogP contribution in [0.3, 0.4) is 0 Å². The zero-order valence-electron chi connectivity index (χ0n) is 10.9. The van der Waals surface area contributed by atoms with Gasteiger partial charge in [-0.25, -0.2) is 0 Å². The van der Waals surface area contributed by atoms with E-state index in [2.05, 4.69) is 6.58 Å². The Labute approximate surface area is 108 Å². The van der Waals surface area contributed by atoms with E-state index in [1.54, 1.807) is 7.11 Å². The van der Waals surface area contributed by atoms with E-state index in [0.717, 1.165) is 5.56 Å². The first-order valence-electron chi connectivity index (χ1n) is 5.88. The zero-order chi connectivity index (χ0) is 13.4. The molecule has 0 amide bonds. The number of benzene rings is 1. The van der Waals surface area contributed by atoms with Gasteiger partial charge in [0.25, 0.3) is 0 Å². The lowest BCUT2D eigenvalue weighted by molar-refractivity contribution is 0.149. The molecule has 0 fully saturated rings. The molecular formula is C15H20O3. The molecule has 0 aliphatic carbocycles. The third-order valence-corrected chi connectivity index (χ3v) is 2.50. The number of hydrogen-bond donors (Lipinski definition) is 1. The first-order valence-corrected chi connectivity index (χ1v) is 5.88. The minimum absolute atomic E-state index is 0.0629. The quantitative estimate of drug-likeness (QED) is 0.593. The summed E-state index contributed by atoms with van der Waals surface area (Å²) >= 11 is 0. The average molecular weight is 248 g/mol. The van der Waals surface area contributed by atoms with Crippen molar-refractivity contribution in [2.45, 2.75) is 13.5 Å². The number of ether oxygens (including phenoxy) is 2. The summed E-state index contributed by atoms with van der Waals surface area (Å²) in [6.07, 6.45) is 1.53. The average Bonchev–Trinajstić information content (AvgIpc) is 2.38. The van der Waals surface area contributed by atoms with Crippen LogP contribution in [0.25, 0.3) is 0 Å². The highest BCUT2D eigenvalue weighted by Gasteiger charge is 2.07. The van der Waals surface area contributed by atoms with Crippen molar-refractivity contribution in [1.29, 1.82) is 0 Å². The fraction of sp³-hybridized carbons (Fsp3) is 0.333. The highest BCUT2D eigenvalue weighted by Crippen LogP contribution is 2.12. The van der Waals surface area contributed by atoms with Crippen molar-refractivity contribution in [2.75, 3.05) is 13.7 Å². The van der Waals surface area contributed by atoms with Crippen LogP contribution in [0, 0.1) is 5.92 Å². The van der Waals surface area contributed by atoms with Crippen molar-refractivity contribution >= 4 is 0 Å². The number of rotatable bonds is 7. The van der Waals surface area contributed by atoms with Gasteiger partial charge in [-0.05, 0) is 5.56 Å². The summed E-state index contributed by atoms with van der Waals surface area (Å²) in [5.74, 6) is 0.598. The first kappa shape index (κ1) is 14.3. The molecule has 0 bridgehead atoms. The standard InChI is InChI=1S/C15H20O3/c1-12(10-17-3)15(16)9-13(2)18-11-14-7-5-4-6-8-14/h4-9,12,16H,2,10-11H2,1,3H3/b15-9+. The minimum atomic E-state index is -0.0629. The van der Waals surface area contributed by atoms with Gasteiger partial charge in [-0.1, -0.05) is 43.8 Å². The lowest BCUT2D eigenvalue weighted by Gasteiger charge is -2.11. The van der Waals surface area contributed by atoms with Crippen molar-refractivity contribution in [3.8, 4) is 0 Å². The second kappa shape index (κ2) is 7.56. The van der Waals surface area contributed by atoms with Gasteiger partial charge in [0, 0.05) is 19.1 Å². The van der Waals surface area contributed by atoms with Crippen LogP contribution in [0.5, 0.6) is 0 Å². The molecule has 1 rings (SSSR count). The molecule has 0 radical (unpaired) electrons. The normalized spacial score (nSPS) is 13.1. The van der Waals surface area contributed by atoms with Crippen molar-refractivity contribution < 1.29 is 14.6 Å². The molecule has 18 heavy (non-hydrogen) atoms. The second-order valence-corrected chi connectivity index (χ2v) is 4.17. The second-order valence-electron chi connectivity index (χ2n) is 4.17. The van der Waals surface area contributed by atoms with Crippen LogP contribution in [0.4, 0.5) is 0 Å². The van der Waals surface area contributed by atoms with Gasteiger partial charge in [0.15, 0.2) is 0 Å². The van der Waals surface area contributed by atoms with Crippen LogP contribution in [-0.2, 0) is 16.1 Å². The molecule has 1 aromatic rings. The molecule has 0 heterocycles. The zero-order valence-corrected chi connectivity index (χ0v) is 10.9. The van der Waals surface area contributed by atoms with E-state index in [1.165, 1.54) is 6.08 Å². The summed E-state index contributed by atoms with van der Waals surface area (Å²) in [5.41, 5.74) is 1.07. The van der Waals surface area contributed by atoms with E-state index in [-0.39, 0.29) is 11.7 Å². The van der Waals surface area contributed by atoms with Gasteiger partial charge in [0.2, 0.25) is 0 Å². The van der Waals surface area contributed by atoms with Crippen LogP contribution < -0.4 is 0 Å². The molecule has 98 valence electrons. The Morgan fingerprint density at radius 1 is 1.39 bits per heavy atom. The van der Waals surface area contributed by atoms with E-state index in [4.69, 9.17) is 9.47 Å². The van der Waals surface area contributed by atoms with Gasteiger partial charge in [-0.15, -0.1) is 0 Å². The largest absolute Gasteiger partial charge is 0.512 e. The molecule has 0 aliphatic rings. The summed E-state index contributed by atoms with van der Waals surface area (Å²) in [6.45, 7) is 6.54. The van der Waals surface area contributed by atoms with E-state index in [0.29, 0.717) is 19.0 Å². The van der Waals surface area contributed by atoms with Crippen molar-refractivity contribution in [3.63, 3.8) is 0 Å². The fourth-order valence-electron chi connectivity index (χ4n) is 1.43. The lowest BCUT2D eigenvalue weighted by atomic mass is 10.1. The predicted octanol–water partition coefficient (Wildman–Crippen LogP) is 3.44. The Kier molecular flexibility index (Phi) is 6.01. The Morgan fingerprint density at radius 3 is 2.67 bits per heavy atom. The molecule has 3 heteroatoms. The van der Waals surface area contributed by atoms with Crippen LogP contribution >= 0.6 is 0 Å². The van der Waals surface area contributed by atoms with E-state index < -0.39 is 0 Å². The number of hydrogen-bond acceptors (Lipinski definition) is 3. The number of methoxy groups -OCH3 is 1. The van der Waals surface area contributed by atoms with Gasteiger partial charge >= 0.3 is 0 Å². The molecular weight excluding hydrogens is 228 g/mol. The molecule has 1 aromatic carbocycles. The summed E-state index contributed by atoms with van der Waals surface area (Å²) < 4.78 is 10.4. The highest BCUT2D eigenvalue weighted by molar-refractivity contribution is 5.16. The van der Waals surface area contributed by atoms with Gasteiger partial charge < -0.3 is 14.6 Å². The van der Waals surface area contributed by atoms with Crippen LogP contribution in [0.15, 0.2) is 54.5 Å². The van der Waals surface area contributed by atoms with Crippen LogP contribution in [0.1, 0.15) is 12.5 Å². The predicted molar refractivity (Wildman–Crippen MR) is 72.1 cm³/mol. The Balaban J connectivity index is 2.44. The topological polar surface area (TPSA) is 38.7 Å². The maximum atomic E-state index is 9.76. The van der Waals surface area contributed by atoms with Crippen molar-refractivity contribution in [3.05, 3.63) is 60.1 Å². The summed E-state index contributed by atoms with van der Waals surface area (Å²) in [5, 5.41) is 9.76. The Morgan fingerprint density at radius 2 is 2.06 bits per heavy atom. The molecule has 0 spiro atoms. The molecule has 1 N–H and O–H groups in total. The molecule has 0 saturated heterocycles. The maximum absolute atomic E-state index is 9.76. The third-order valence-electron chi connectivity index (χ3n) is 2.50. The van der Waals surface area contributed by atoms with Gasteiger partial charge in [0.05, 0.1) is 6.61 Å². The fourth-order valence-corrected chi connectivity index (χ4v) is 1.43. The Bertz CT molecular complexity index is 395. The van der Waals surface area contributed by atoms with E-state index in [1.807, 2.05) is 37.3 Å². The van der Waals surface area contributed by atoms with E-state index >= 15 is 0 Å². The van der Waals surface area contributed by atoms with Crippen LogP contribution in [-0.4, -0.2) is 18.8 Å².